The van der Waals surface area contributed by atoms with Crippen LogP contribution in [0.4, 0.5) is 0 Å². The van der Waals surface area contributed by atoms with Crippen LogP contribution in [0.1, 0.15) is 49.3 Å². The predicted octanol–water partition coefficient (Wildman–Crippen LogP) is 1.54. The smallest absolute Gasteiger partial charge is 0.329 e. The van der Waals surface area contributed by atoms with Crippen molar-refractivity contribution >= 4 is 21.9 Å². The fourth-order valence-electron chi connectivity index (χ4n) is 3.35. The van der Waals surface area contributed by atoms with Crippen LogP contribution >= 0.6 is 0 Å². The number of benzene rings is 1. The van der Waals surface area contributed by atoms with E-state index in [1.54, 1.807) is 13.8 Å². The van der Waals surface area contributed by atoms with Gasteiger partial charge in [-0.1, -0.05) is 32.0 Å². The molecule has 11 nitrogen and oxygen atoms in total. The Hall–Kier alpha value is -2.83. The minimum absolute atomic E-state index is 0.00463. The first-order valence-corrected chi connectivity index (χ1v) is 12.6. The maximum atomic E-state index is 12.9. The number of hydrogen-bond acceptors (Lipinski definition) is 9. The number of carbonyl (C=O) groups excluding carboxylic acids is 2. The van der Waals surface area contributed by atoms with Crippen LogP contribution in [0.25, 0.3) is 0 Å². The summed E-state index contributed by atoms with van der Waals surface area (Å²) in [7, 11) is -3.76. The molecule has 2 heterocycles. The number of nitrogens with one attached hydrogen (secondary N) is 1. The van der Waals surface area contributed by atoms with E-state index in [0.717, 1.165) is 6.42 Å². The molecule has 0 unspecified atom stereocenters. The van der Waals surface area contributed by atoms with Crippen molar-refractivity contribution < 1.29 is 32.0 Å². The number of ether oxygens (including phenoxy) is 2. The summed E-state index contributed by atoms with van der Waals surface area (Å²) in [6, 6.07) is 4.77. The molecule has 34 heavy (non-hydrogen) atoms. The van der Waals surface area contributed by atoms with Gasteiger partial charge in [-0.3, -0.25) is 4.79 Å². The molecule has 3 rings (SSSR count). The quantitative estimate of drug-likeness (QED) is 0.487. The summed E-state index contributed by atoms with van der Waals surface area (Å²) >= 11 is 0. The zero-order valence-electron chi connectivity index (χ0n) is 19.5. The van der Waals surface area contributed by atoms with Crippen molar-refractivity contribution in [1.82, 2.24) is 19.8 Å². The van der Waals surface area contributed by atoms with Crippen molar-refractivity contribution in [2.24, 2.45) is 5.92 Å². The zero-order chi connectivity index (χ0) is 24.7. The first-order chi connectivity index (χ1) is 16.2. The van der Waals surface area contributed by atoms with E-state index in [1.807, 2.05) is 6.92 Å². The molecule has 0 aliphatic carbocycles. The number of rotatable bonds is 10. The monoisotopic (exact) mass is 494 g/mol. The van der Waals surface area contributed by atoms with Gasteiger partial charge < -0.3 is 19.3 Å². The average Bonchev–Trinajstić information content (AvgIpc) is 3.29. The minimum Gasteiger partial charge on any atom is -0.454 e. The number of sulfonamides is 1. The largest absolute Gasteiger partial charge is 0.454 e. The number of aromatic nitrogens is 2. The van der Waals surface area contributed by atoms with Crippen LogP contribution in [0, 0.1) is 5.92 Å². The van der Waals surface area contributed by atoms with E-state index in [-0.39, 0.29) is 42.0 Å². The normalized spacial score (nSPS) is 15.8. The predicted molar refractivity (Wildman–Crippen MR) is 120 cm³/mol. The molecule has 1 fully saturated rings. The Morgan fingerprint density at radius 2 is 1.97 bits per heavy atom. The lowest BCUT2D eigenvalue weighted by Gasteiger charge is -2.26. The van der Waals surface area contributed by atoms with E-state index in [9.17, 15) is 18.0 Å². The van der Waals surface area contributed by atoms with Crippen molar-refractivity contribution in [3.05, 3.63) is 41.5 Å². The molecular weight excluding hydrogens is 464 g/mol. The number of nitrogens with zero attached hydrogens (tertiary/aromatic N) is 3. The van der Waals surface area contributed by atoms with Gasteiger partial charge in [-0.2, -0.15) is 9.29 Å². The second-order valence-electron chi connectivity index (χ2n) is 8.20. The lowest BCUT2D eigenvalue weighted by Crippen LogP contribution is -2.45. The molecule has 0 spiro atoms. The second kappa shape index (κ2) is 11.5. The molecule has 2 aromatic rings. The third-order valence-corrected chi connectivity index (χ3v) is 7.13. The molecule has 186 valence electrons. The molecule has 1 aliphatic rings. The second-order valence-corrected chi connectivity index (χ2v) is 10.1. The molecule has 0 saturated carbocycles. The average molecular weight is 495 g/mol. The third-order valence-electron chi connectivity index (χ3n) is 5.23. The van der Waals surface area contributed by atoms with Crippen LogP contribution in [-0.4, -0.2) is 67.1 Å². The highest BCUT2D eigenvalue weighted by Gasteiger charge is 2.29. The van der Waals surface area contributed by atoms with Crippen LogP contribution in [0.3, 0.4) is 0 Å². The molecule has 1 aromatic heterocycles. The SMILES string of the molecule is CCCc1noc(COC(=O)[C@@H](NC(=O)c2cccc(S(=O)(=O)N3CCOCC3)c2)C(C)C)n1. The van der Waals surface area contributed by atoms with Gasteiger partial charge in [0.2, 0.25) is 10.0 Å². The summed E-state index contributed by atoms with van der Waals surface area (Å²) in [5.74, 6) is -0.815. The minimum atomic E-state index is -3.76. The fraction of sp³-hybridized carbons (Fsp3) is 0.545. The van der Waals surface area contributed by atoms with E-state index in [1.165, 1.54) is 28.6 Å². The topological polar surface area (TPSA) is 141 Å². The molecule has 1 aliphatic heterocycles. The van der Waals surface area contributed by atoms with Gasteiger partial charge >= 0.3 is 5.97 Å². The molecule has 1 saturated heterocycles. The summed E-state index contributed by atoms with van der Waals surface area (Å²) in [5.41, 5.74) is 0.119. The standard InChI is InChI=1S/C22H30N4O7S/c1-4-6-18-23-19(33-25-18)14-32-22(28)20(15(2)3)24-21(27)16-7-5-8-17(13-16)34(29,30)26-9-11-31-12-10-26/h5,7-8,13,15,20H,4,6,9-12,14H2,1-3H3,(H,24,27)/t20-/m0/s1. The Bertz CT molecular complexity index is 1090. The van der Waals surface area contributed by atoms with Crippen molar-refractivity contribution in [3.8, 4) is 0 Å². The highest BCUT2D eigenvalue weighted by atomic mass is 32.2. The first kappa shape index (κ1) is 25.8. The van der Waals surface area contributed by atoms with E-state index in [2.05, 4.69) is 15.5 Å². The molecular formula is C22H30N4O7S. The van der Waals surface area contributed by atoms with E-state index in [4.69, 9.17) is 14.0 Å². The number of carbonyl (C=O) groups is 2. The molecule has 0 bridgehead atoms. The number of amides is 1. The molecule has 1 atom stereocenters. The number of aryl methyl sites for hydroxylation is 1. The van der Waals surface area contributed by atoms with Crippen LogP contribution in [0.15, 0.2) is 33.7 Å². The summed E-state index contributed by atoms with van der Waals surface area (Å²) in [6.45, 7) is 6.44. The molecule has 1 aromatic carbocycles. The lowest BCUT2D eigenvalue weighted by atomic mass is 10.0. The number of morpholine rings is 1. The Morgan fingerprint density at radius 1 is 1.24 bits per heavy atom. The first-order valence-electron chi connectivity index (χ1n) is 11.2. The van der Waals surface area contributed by atoms with Gasteiger partial charge in [-0.15, -0.1) is 0 Å². The number of esters is 1. The Balaban J connectivity index is 1.66. The summed E-state index contributed by atoms with van der Waals surface area (Å²) in [6.07, 6.45) is 1.51. The fourth-order valence-corrected chi connectivity index (χ4v) is 4.81. The van der Waals surface area contributed by atoms with Gasteiger partial charge in [-0.25, -0.2) is 13.2 Å². The van der Waals surface area contributed by atoms with Crippen LogP contribution in [0.2, 0.25) is 0 Å². The number of hydrogen-bond donors (Lipinski definition) is 1. The maximum Gasteiger partial charge on any atom is 0.329 e. The maximum absolute atomic E-state index is 12.9. The van der Waals surface area contributed by atoms with Gasteiger partial charge in [-0.05, 0) is 30.5 Å². The van der Waals surface area contributed by atoms with Gasteiger partial charge in [0.05, 0.1) is 18.1 Å². The van der Waals surface area contributed by atoms with Crippen molar-refractivity contribution in [1.29, 1.82) is 0 Å². The molecule has 0 radical (unpaired) electrons. The molecule has 12 heteroatoms. The van der Waals surface area contributed by atoms with Crippen LogP contribution < -0.4 is 5.32 Å². The molecule has 1 amide bonds. The summed E-state index contributed by atoms with van der Waals surface area (Å²) in [5, 5.41) is 6.45. The zero-order valence-corrected chi connectivity index (χ0v) is 20.3. The van der Waals surface area contributed by atoms with Gasteiger partial charge in [0.1, 0.15) is 6.04 Å². The van der Waals surface area contributed by atoms with Crippen molar-refractivity contribution in [3.63, 3.8) is 0 Å². The van der Waals surface area contributed by atoms with Gasteiger partial charge in [0.25, 0.3) is 11.8 Å². The Labute approximate surface area is 198 Å². The van der Waals surface area contributed by atoms with E-state index >= 15 is 0 Å². The third kappa shape index (κ3) is 6.39. The Kier molecular flexibility index (Phi) is 8.75. The van der Waals surface area contributed by atoms with Crippen LogP contribution in [-0.2, 0) is 37.3 Å². The summed E-state index contributed by atoms with van der Waals surface area (Å²) in [4.78, 5) is 29.7. The Morgan fingerprint density at radius 3 is 2.65 bits per heavy atom. The van der Waals surface area contributed by atoms with Gasteiger partial charge in [0.15, 0.2) is 12.4 Å². The van der Waals surface area contributed by atoms with Crippen molar-refractivity contribution in [2.45, 2.75) is 51.2 Å². The van der Waals surface area contributed by atoms with Crippen LogP contribution in [0.5, 0.6) is 0 Å². The lowest BCUT2D eigenvalue weighted by molar-refractivity contribution is -0.149. The highest BCUT2D eigenvalue weighted by molar-refractivity contribution is 7.89. The molecule has 1 N–H and O–H groups in total. The summed E-state index contributed by atoms with van der Waals surface area (Å²) < 4.78 is 42.7. The van der Waals surface area contributed by atoms with Gasteiger partial charge in [0, 0.05) is 25.1 Å². The van der Waals surface area contributed by atoms with E-state index < -0.39 is 27.9 Å². The highest BCUT2D eigenvalue weighted by Crippen LogP contribution is 2.19. The van der Waals surface area contributed by atoms with E-state index in [0.29, 0.717) is 25.5 Å². The van der Waals surface area contributed by atoms with Crippen molar-refractivity contribution in [2.75, 3.05) is 26.3 Å².